The molecule has 1 aliphatic heterocycles. The summed E-state index contributed by atoms with van der Waals surface area (Å²) in [6, 6.07) is 9.21. The third kappa shape index (κ3) is 7.70. The highest BCUT2D eigenvalue weighted by atomic mass is 19.4. The minimum atomic E-state index is -4.72. The van der Waals surface area contributed by atoms with Gasteiger partial charge in [0.05, 0.1) is 18.0 Å². The zero-order valence-electron chi connectivity index (χ0n) is 29.4. The fourth-order valence-corrected chi connectivity index (χ4v) is 8.28. The smallest absolute Gasteiger partial charge is 0.416 e. The van der Waals surface area contributed by atoms with Crippen LogP contribution in [0.3, 0.4) is 0 Å². The number of carboxylic acids is 1. The van der Waals surface area contributed by atoms with E-state index in [0.717, 1.165) is 64.5 Å². The first-order valence-corrected chi connectivity index (χ1v) is 18.0. The van der Waals surface area contributed by atoms with E-state index in [-0.39, 0.29) is 17.9 Å². The molecule has 2 heterocycles. The molecule has 10 heteroatoms. The van der Waals surface area contributed by atoms with Crippen molar-refractivity contribution in [1.29, 1.82) is 0 Å². The Morgan fingerprint density at radius 1 is 1.00 bits per heavy atom. The second-order valence-electron chi connectivity index (χ2n) is 15.1. The number of likely N-dealkylation sites (tertiary alicyclic amines) is 1. The summed E-state index contributed by atoms with van der Waals surface area (Å²) in [4.78, 5) is 42.4. The Morgan fingerprint density at radius 3 is 2.28 bits per heavy atom. The van der Waals surface area contributed by atoms with Crippen molar-refractivity contribution < 1.29 is 27.9 Å². The van der Waals surface area contributed by atoms with Crippen molar-refractivity contribution in [2.24, 2.45) is 5.92 Å². The molecule has 50 heavy (non-hydrogen) atoms. The molecule has 1 saturated carbocycles. The average molecular weight is 692 g/mol. The van der Waals surface area contributed by atoms with Crippen LogP contribution in [0.5, 0.6) is 0 Å². The van der Waals surface area contributed by atoms with Crippen LogP contribution in [0.4, 0.5) is 13.2 Å². The third-order valence-corrected chi connectivity index (χ3v) is 10.9. The van der Waals surface area contributed by atoms with E-state index in [1.54, 1.807) is 0 Å². The monoisotopic (exact) mass is 691 g/mol. The Labute approximate surface area is 291 Å². The Balaban J connectivity index is 1.37. The minimum absolute atomic E-state index is 0.0491. The van der Waals surface area contributed by atoms with Gasteiger partial charge >= 0.3 is 12.1 Å². The van der Waals surface area contributed by atoms with Crippen molar-refractivity contribution in [3.05, 3.63) is 91.9 Å². The van der Waals surface area contributed by atoms with Crippen molar-refractivity contribution in [3.8, 4) is 11.1 Å². The van der Waals surface area contributed by atoms with Crippen molar-refractivity contribution in [2.45, 2.75) is 116 Å². The number of hydrogen-bond donors (Lipinski definition) is 2. The number of alkyl halides is 3. The van der Waals surface area contributed by atoms with Gasteiger partial charge < -0.3 is 19.9 Å². The summed E-state index contributed by atoms with van der Waals surface area (Å²) in [7, 11) is 0. The summed E-state index contributed by atoms with van der Waals surface area (Å²) < 4.78 is 44.3. The van der Waals surface area contributed by atoms with Crippen molar-refractivity contribution >= 4 is 11.9 Å². The van der Waals surface area contributed by atoms with Crippen LogP contribution < -0.4 is 10.9 Å². The van der Waals surface area contributed by atoms with E-state index in [4.69, 9.17) is 0 Å². The molecule has 2 aliphatic carbocycles. The first-order valence-electron chi connectivity index (χ1n) is 18.0. The summed E-state index contributed by atoms with van der Waals surface area (Å²) in [6.07, 6.45) is 2.40. The van der Waals surface area contributed by atoms with Crippen LogP contribution in [-0.2, 0) is 28.6 Å². The van der Waals surface area contributed by atoms with Gasteiger partial charge in [0.15, 0.2) is 0 Å². The summed E-state index contributed by atoms with van der Waals surface area (Å²) in [5.41, 5.74) is 5.55. The number of halogens is 3. The molecule has 1 amide bonds. The molecule has 1 saturated heterocycles. The van der Waals surface area contributed by atoms with Gasteiger partial charge in [-0.05, 0) is 141 Å². The molecule has 0 bridgehead atoms. The number of aliphatic carboxylic acids is 1. The largest absolute Gasteiger partial charge is 0.481 e. The Hall–Kier alpha value is -3.92. The molecule has 0 unspecified atom stereocenters. The lowest BCUT2D eigenvalue weighted by Crippen LogP contribution is -2.41. The number of hydrogen-bond acceptors (Lipinski definition) is 4. The lowest BCUT2D eigenvalue weighted by Gasteiger charge is -2.34. The molecule has 1 aromatic heterocycles. The lowest BCUT2D eigenvalue weighted by molar-refractivity contribution is -0.139. The van der Waals surface area contributed by atoms with Crippen LogP contribution in [0.15, 0.2) is 47.4 Å². The van der Waals surface area contributed by atoms with E-state index < -0.39 is 53.6 Å². The number of benzene rings is 2. The predicted molar refractivity (Wildman–Crippen MR) is 187 cm³/mol. The number of aromatic nitrogens is 1. The third-order valence-electron chi connectivity index (χ3n) is 10.9. The van der Waals surface area contributed by atoms with Crippen LogP contribution in [0.1, 0.15) is 116 Å². The predicted octanol–water partition coefficient (Wildman–Crippen LogP) is 7.90. The molecule has 7 nitrogen and oxygen atoms in total. The second-order valence-corrected chi connectivity index (χ2v) is 15.1. The fourth-order valence-electron chi connectivity index (χ4n) is 8.28. The van der Waals surface area contributed by atoms with Crippen LogP contribution >= 0.6 is 0 Å². The fraction of sp³-hybridized carbons (Fsp3) is 0.525. The summed E-state index contributed by atoms with van der Waals surface area (Å²) in [5, 5.41) is 13.0. The van der Waals surface area contributed by atoms with Crippen LogP contribution in [0, 0.1) is 19.8 Å². The van der Waals surface area contributed by atoms with Crippen LogP contribution in [-0.4, -0.2) is 45.6 Å². The topological polar surface area (TPSA) is 91.6 Å². The summed E-state index contributed by atoms with van der Waals surface area (Å²) in [5.74, 6) is -2.17. The highest BCUT2D eigenvalue weighted by Crippen LogP contribution is 2.41. The number of rotatable bonds is 11. The number of amides is 1. The maximum absolute atomic E-state index is 14.4. The lowest BCUT2D eigenvalue weighted by atomic mass is 9.86. The maximum Gasteiger partial charge on any atom is 0.416 e. The summed E-state index contributed by atoms with van der Waals surface area (Å²) in [6.45, 7) is 9.27. The normalized spacial score (nSPS) is 18.2. The molecular formula is C40H48F3N3O4. The molecule has 2 N–H and O–H groups in total. The van der Waals surface area contributed by atoms with Gasteiger partial charge in [0, 0.05) is 18.3 Å². The minimum Gasteiger partial charge on any atom is -0.481 e. The van der Waals surface area contributed by atoms with E-state index >= 15 is 0 Å². The van der Waals surface area contributed by atoms with Crippen LogP contribution in [0.25, 0.3) is 11.1 Å². The average Bonchev–Trinajstić information content (AvgIpc) is 3.79. The maximum atomic E-state index is 14.4. The first-order chi connectivity index (χ1) is 23.7. The van der Waals surface area contributed by atoms with Crippen molar-refractivity contribution in [3.63, 3.8) is 0 Å². The molecule has 0 spiro atoms. The highest BCUT2D eigenvalue weighted by Gasteiger charge is 2.40. The van der Waals surface area contributed by atoms with Gasteiger partial charge in [-0.15, -0.1) is 0 Å². The zero-order chi connectivity index (χ0) is 35.9. The number of pyridine rings is 1. The molecular weight excluding hydrogens is 643 g/mol. The number of aryl methyl sites for hydroxylation is 3. The quantitative estimate of drug-likeness (QED) is 0.213. The van der Waals surface area contributed by atoms with E-state index in [0.29, 0.717) is 43.6 Å². The number of carboxylic acid groups (broad SMARTS) is 1. The van der Waals surface area contributed by atoms with Crippen molar-refractivity contribution in [2.75, 3.05) is 13.1 Å². The second kappa shape index (κ2) is 14.4. The number of nitrogens with one attached hydrogen (secondary N) is 1. The Kier molecular flexibility index (Phi) is 10.3. The summed E-state index contributed by atoms with van der Waals surface area (Å²) >= 11 is 0. The van der Waals surface area contributed by atoms with E-state index in [2.05, 4.69) is 36.2 Å². The van der Waals surface area contributed by atoms with Crippen molar-refractivity contribution in [1.82, 2.24) is 14.8 Å². The number of fused-ring (bicyclic) bond motifs is 1. The zero-order valence-corrected chi connectivity index (χ0v) is 29.4. The van der Waals surface area contributed by atoms with Gasteiger partial charge in [0.2, 0.25) is 5.91 Å². The number of carbonyl (C=O) groups is 2. The number of nitrogens with zero attached hydrogens (tertiary/aromatic N) is 2. The van der Waals surface area contributed by atoms with Gasteiger partial charge in [0.1, 0.15) is 6.04 Å². The number of carbonyl (C=O) groups excluding carboxylic acids is 1. The molecule has 2 atom stereocenters. The van der Waals surface area contributed by atoms with Gasteiger partial charge in [-0.25, -0.2) is 0 Å². The molecule has 2 fully saturated rings. The SMILES string of the molecule is Cc1cccc(C)c1-c1cc([C@H](CC(=O)O)NC(=O)[C@@H](CC(C)C)n2cc(C3CCN(C4CC4)CC3)c(C(F)(F)F)cc2=O)cc2c1CCC2. The highest BCUT2D eigenvalue weighted by molar-refractivity contribution is 5.82. The molecule has 6 rings (SSSR count). The Morgan fingerprint density at radius 2 is 1.68 bits per heavy atom. The van der Waals surface area contributed by atoms with Gasteiger partial charge in [-0.3, -0.25) is 14.4 Å². The molecule has 0 radical (unpaired) electrons. The standard InChI is InChI=1S/C40H48F3N3O4/c1-23(2)17-35(46-22-32(33(20-36(46)47)40(41,42)43)26-13-15-45(16-14-26)29-11-12-29)39(50)44-34(21-37(48)49)28-18-27-9-6-10-30(27)31(19-28)38-24(3)7-5-8-25(38)4/h5,7-8,18-20,22-23,26,29,34-35H,6,9-17,21H2,1-4H3,(H,44,50)(H,48,49)/t34-,35+/m0/s1. The van der Waals surface area contributed by atoms with E-state index in [9.17, 15) is 32.7 Å². The number of piperidine rings is 1. The first kappa shape index (κ1) is 35.9. The molecule has 3 aliphatic rings. The van der Waals surface area contributed by atoms with Gasteiger partial charge in [-0.1, -0.05) is 38.1 Å². The molecule has 2 aromatic carbocycles. The van der Waals surface area contributed by atoms with Gasteiger partial charge in [-0.2, -0.15) is 13.2 Å². The van der Waals surface area contributed by atoms with E-state index in [1.165, 1.54) is 11.8 Å². The van der Waals surface area contributed by atoms with E-state index in [1.807, 2.05) is 32.0 Å². The molecule has 3 aromatic rings. The molecule has 268 valence electrons. The Bertz CT molecular complexity index is 1800. The van der Waals surface area contributed by atoms with Crippen LogP contribution in [0.2, 0.25) is 0 Å². The van der Waals surface area contributed by atoms with Gasteiger partial charge in [0.25, 0.3) is 5.56 Å².